The first-order chi connectivity index (χ1) is 13.2. The van der Waals surface area contributed by atoms with Crippen LogP contribution in [-0.4, -0.2) is 21.5 Å². The van der Waals surface area contributed by atoms with Crippen molar-refractivity contribution in [2.45, 2.75) is 12.5 Å². The molecule has 0 bridgehead atoms. The molecular formula is C20H21N7. The van der Waals surface area contributed by atoms with E-state index < -0.39 is 0 Å². The smallest absolute Gasteiger partial charge is 0.150 e. The van der Waals surface area contributed by atoms with Crippen molar-refractivity contribution in [3.8, 4) is 12.3 Å². The molecule has 7 heteroatoms. The zero-order chi connectivity index (χ0) is 19.1. The van der Waals surface area contributed by atoms with E-state index in [1.807, 2.05) is 36.4 Å². The number of hydrogen-bond acceptors (Lipinski definition) is 7. The molecule has 7 nitrogen and oxygen atoms in total. The van der Waals surface area contributed by atoms with Crippen LogP contribution in [-0.2, 0) is 0 Å². The Bertz CT molecular complexity index is 917. The van der Waals surface area contributed by atoms with Gasteiger partial charge in [0.2, 0.25) is 0 Å². The standard InChI is InChI=1S/C20H21N7/c1-2-15-11-25-20(13-24-15)27-19-10-18(17(22)12-26-19)23-9-8-16(21)14-6-4-3-5-7-14/h1,3-7,10-13,16H,8-9,21-22H2,(H2,23,25,26,27). The van der Waals surface area contributed by atoms with E-state index in [0.29, 0.717) is 29.6 Å². The molecule has 27 heavy (non-hydrogen) atoms. The van der Waals surface area contributed by atoms with Gasteiger partial charge in [-0.1, -0.05) is 30.3 Å². The summed E-state index contributed by atoms with van der Waals surface area (Å²) in [5.41, 5.74) is 15.2. The number of terminal acetylenes is 1. The van der Waals surface area contributed by atoms with Crippen molar-refractivity contribution in [1.82, 2.24) is 15.0 Å². The van der Waals surface area contributed by atoms with Crippen LogP contribution in [0.3, 0.4) is 0 Å². The van der Waals surface area contributed by atoms with Gasteiger partial charge in [0, 0.05) is 18.7 Å². The zero-order valence-electron chi connectivity index (χ0n) is 14.8. The first kappa shape index (κ1) is 18.2. The van der Waals surface area contributed by atoms with Gasteiger partial charge in [0.15, 0.2) is 0 Å². The molecule has 0 aliphatic heterocycles. The predicted octanol–water partition coefficient (Wildman–Crippen LogP) is 2.68. The molecule has 136 valence electrons. The van der Waals surface area contributed by atoms with Crippen LogP contribution in [0, 0.1) is 12.3 Å². The molecule has 0 saturated heterocycles. The summed E-state index contributed by atoms with van der Waals surface area (Å²) in [6.07, 6.45) is 10.7. The minimum Gasteiger partial charge on any atom is -0.396 e. The van der Waals surface area contributed by atoms with Gasteiger partial charge in [0.05, 0.1) is 30.0 Å². The van der Waals surface area contributed by atoms with Crippen molar-refractivity contribution in [2.24, 2.45) is 5.73 Å². The van der Waals surface area contributed by atoms with E-state index in [9.17, 15) is 0 Å². The molecule has 6 N–H and O–H groups in total. The van der Waals surface area contributed by atoms with Gasteiger partial charge in [0.25, 0.3) is 0 Å². The number of benzene rings is 1. The van der Waals surface area contributed by atoms with Crippen LogP contribution in [0.2, 0.25) is 0 Å². The Balaban J connectivity index is 1.60. The Morgan fingerprint density at radius 3 is 2.52 bits per heavy atom. The lowest BCUT2D eigenvalue weighted by molar-refractivity contribution is 0.675. The number of aromatic nitrogens is 3. The summed E-state index contributed by atoms with van der Waals surface area (Å²) in [5, 5.41) is 6.38. The van der Waals surface area contributed by atoms with Crippen molar-refractivity contribution in [3.63, 3.8) is 0 Å². The van der Waals surface area contributed by atoms with Gasteiger partial charge in [-0.3, -0.25) is 0 Å². The molecule has 0 amide bonds. The van der Waals surface area contributed by atoms with Crippen molar-refractivity contribution >= 4 is 23.0 Å². The predicted molar refractivity (Wildman–Crippen MR) is 108 cm³/mol. The van der Waals surface area contributed by atoms with Gasteiger partial charge in [-0.15, -0.1) is 6.42 Å². The van der Waals surface area contributed by atoms with E-state index >= 15 is 0 Å². The molecule has 0 saturated carbocycles. The second-order valence-corrected chi connectivity index (χ2v) is 5.95. The second kappa shape index (κ2) is 8.65. The summed E-state index contributed by atoms with van der Waals surface area (Å²) in [6, 6.07) is 11.8. The summed E-state index contributed by atoms with van der Waals surface area (Å²) >= 11 is 0. The van der Waals surface area contributed by atoms with E-state index in [1.54, 1.807) is 12.4 Å². The van der Waals surface area contributed by atoms with Crippen LogP contribution in [0.4, 0.5) is 23.0 Å². The SMILES string of the molecule is C#Cc1cnc(Nc2cc(NCCC(N)c3ccccc3)c(N)cn2)cn1. The van der Waals surface area contributed by atoms with E-state index in [2.05, 4.69) is 31.5 Å². The maximum absolute atomic E-state index is 6.23. The Morgan fingerprint density at radius 2 is 1.81 bits per heavy atom. The number of rotatable bonds is 7. The van der Waals surface area contributed by atoms with Crippen molar-refractivity contribution < 1.29 is 0 Å². The highest BCUT2D eigenvalue weighted by molar-refractivity contribution is 5.70. The first-order valence-corrected chi connectivity index (χ1v) is 8.51. The summed E-state index contributed by atoms with van der Waals surface area (Å²) in [6.45, 7) is 0.681. The third-order valence-electron chi connectivity index (χ3n) is 3.99. The molecule has 1 atom stereocenters. The molecule has 0 aliphatic carbocycles. The van der Waals surface area contributed by atoms with Gasteiger partial charge in [-0.25, -0.2) is 15.0 Å². The zero-order valence-corrected chi connectivity index (χ0v) is 14.8. The van der Waals surface area contributed by atoms with Crippen molar-refractivity contribution in [3.05, 3.63) is 66.2 Å². The molecule has 2 heterocycles. The molecule has 1 aromatic carbocycles. The number of pyridine rings is 1. The summed E-state index contributed by atoms with van der Waals surface area (Å²) in [4.78, 5) is 12.5. The minimum absolute atomic E-state index is 0.0377. The highest BCUT2D eigenvalue weighted by atomic mass is 15.1. The highest BCUT2D eigenvalue weighted by Gasteiger charge is 2.07. The molecule has 0 aliphatic rings. The van der Waals surface area contributed by atoms with Gasteiger partial charge >= 0.3 is 0 Å². The maximum Gasteiger partial charge on any atom is 0.150 e. The van der Waals surface area contributed by atoms with Gasteiger partial charge in [0.1, 0.15) is 17.3 Å². The fourth-order valence-corrected chi connectivity index (χ4v) is 2.51. The maximum atomic E-state index is 6.23. The minimum atomic E-state index is -0.0377. The molecule has 1 unspecified atom stereocenters. The Labute approximate surface area is 158 Å². The molecular weight excluding hydrogens is 338 g/mol. The molecule has 2 aromatic heterocycles. The second-order valence-electron chi connectivity index (χ2n) is 5.95. The normalized spacial score (nSPS) is 11.4. The van der Waals surface area contributed by atoms with Crippen LogP contribution >= 0.6 is 0 Å². The summed E-state index contributed by atoms with van der Waals surface area (Å²) in [7, 11) is 0. The Hall–Kier alpha value is -3.63. The van der Waals surface area contributed by atoms with Crippen LogP contribution in [0.5, 0.6) is 0 Å². The lowest BCUT2D eigenvalue weighted by atomic mass is 10.1. The van der Waals surface area contributed by atoms with Crippen LogP contribution in [0.25, 0.3) is 0 Å². The van der Waals surface area contributed by atoms with E-state index in [-0.39, 0.29) is 6.04 Å². The summed E-state index contributed by atoms with van der Waals surface area (Å²) < 4.78 is 0. The lowest BCUT2D eigenvalue weighted by Crippen LogP contribution is -2.15. The average Bonchev–Trinajstić information content (AvgIpc) is 2.71. The fraction of sp³-hybridized carbons (Fsp3) is 0.150. The molecule has 3 rings (SSSR count). The highest BCUT2D eigenvalue weighted by Crippen LogP contribution is 2.23. The van der Waals surface area contributed by atoms with Crippen LogP contribution in [0.1, 0.15) is 23.7 Å². The number of nitrogens with two attached hydrogens (primary N) is 2. The largest absolute Gasteiger partial charge is 0.396 e. The molecule has 0 spiro atoms. The monoisotopic (exact) mass is 359 g/mol. The van der Waals surface area contributed by atoms with E-state index in [0.717, 1.165) is 17.7 Å². The third kappa shape index (κ3) is 4.93. The Kier molecular flexibility index (Phi) is 5.82. The van der Waals surface area contributed by atoms with Crippen LogP contribution in [0.15, 0.2) is 55.0 Å². The molecule has 0 fully saturated rings. The van der Waals surface area contributed by atoms with Crippen LogP contribution < -0.4 is 22.1 Å². The van der Waals surface area contributed by atoms with E-state index in [4.69, 9.17) is 17.9 Å². The van der Waals surface area contributed by atoms with E-state index in [1.165, 1.54) is 6.20 Å². The van der Waals surface area contributed by atoms with Gasteiger partial charge < -0.3 is 22.1 Å². The third-order valence-corrected chi connectivity index (χ3v) is 3.99. The topological polar surface area (TPSA) is 115 Å². The van der Waals surface area contributed by atoms with Gasteiger partial charge in [-0.2, -0.15) is 0 Å². The molecule has 0 radical (unpaired) electrons. The van der Waals surface area contributed by atoms with Crippen molar-refractivity contribution in [2.75, 3.05) is 22.9 Å². The average molecular weight is 359 g/mol. The lowest BCUT2D eigenvalue weighted by Gasteiger charge is -2.15. The number of nitrogen functional groups attached to an aromatic ring is 1. The number of hydrogen-bond donors (Lipinski definition) is 4. The van der Waals surface area contributed by atoms with Crippen molar-refractivity contribution in [1.29, 1.82) is 0 Å². The fourth-order valence-electron chi connectivity index (χ4n) is 2.51. The number of nitrogens with one attached hydrogen (secondary N) is 2. The quantitative estimate of drug-likeness (QED) is 0.479. The summed E-state index contributed by atoms with van der Waals surface area (Å²) in [5.74, 6) is 3.57. The molecule has 3 aromatic rings. The van der Waals surface area contributed by atoms with Gasteiger partial charge in [-0.05, 0) is 17.9 Å². The Morgan fingerprint density at radius 1 is 1.04 bits per heavy atom. The first-order valence-electron chi connectivity index (χ1n) is 8.51. The number of anilines is 4. The number of nitrogens with zero attached hydrogens (tertiary/aromatic N) is 3.